The summed E-state index contributed by atoms with van der Waals surface area (Å²) in [6.07, 6.45) is -2.77. The molecule has 0 saturated carbocycles. The van der Waals surface area contributed by atoms with Crippen LogP contribution >= 0.6 is 11.6 Å². The normalized spacial score (nSPS) is 11.2. The lowest BCUT2D eigenvalue weighted by molar-refractivity contribution is -0.137. The lowest BCUT2D eigenvalue weighted by Gasteiger charge is -2.11. The van der Waals surface area contributed by atoms with Gasteiger partial charge in [-0.1, -0.05) is 11.6 Å². The summed E-state index contributed by atoms with van der Waals surface area (Å²) in [6, 6.07) is 6.04. The molecule has 0 spiro atoms. The summed E-state index contributed by atoms with van der Waals surface area (Å²) in [5, 5.41) is -0.403. The van der Waals surface area contributed by atoms with Gasteiger partial charge in [-0.15, -0.1) is 0 Å². The third-order valence-electron chi connectivity index (χ3n) is 2.36. The van der Waals surface area contributed by atoms with Gasteiger partial charge in [-0.2, -0.15) is 13.2 Å². The van der Waals surface area contributed by atoms with Crippen LogP contribution in [-0.4, -0.2) is 11.3 Å². The van der Waals surface area contributed by atoms with E-state index in [9.17, 15) is 18.0 Å². The Hall–Kier alpha value is -2.08. The highest BCUT2D eigenvalue weighted by atomic mass is 35.5. The molecular weight excluding hydrogens is 295 g/mol. The second kappa shape index (κ2) is 5.50. The van der Waals surface area contributed by atoms with Gasteiger partial charge < -0.3 is 4.74 Å². The molecule has 104 valence electrons. The van der Waals surface area contributed by atoms with Crippen molar-refractivity contribution in [2.45, 2.75) is 6.18 Å². The molecule has 0 unspecified atom stereocenters. The number of halogens is 4. The molecular formula is C13H7ClF3NO2. The Bertz CT molecular complexity index is 627. The molecule has 2 aromatic rings. The van der Waals surface area contributed by atoms with Crippen molar-refractivity contribution >= 4 is 17.9 Å². The molecule has 1 heterocycles. The molecule has 0 radical (unpaired) electrons. The number of alkyl halides is 3. The van der Waals surface area contributed by atoms with E-state index >= 15 is 0 Å². The van der Waals surface area contributed by atoms with Crippen molar-refractivity contribution in [1.82, 2.24) is 4.98 Å². The van der Waals surface area contributed by atoms with Gasteiger partial charge in [-0.3, -0.25) is 4.79 Å². The van der Waals surface area contributed by atoms with E-state index in [-0.39, 0.29) is 17.2 Å². The Morgan fingerprint density at radius 2 is 1.85 bits per heavy atom. The zero-order chi connectivity index (χ0) is 14.8. The van der Waals surface area contributed by atoms with E-state index in [1.165, 1.54) is 24.4 Å². The van der Waals surface area contributed by atoms with Crippen LogP contribution in [0.25, 0.3) is 0 Å². The van der Waals surface area contributed by atoms with E-state index in [0.29, 0.717) is 6.29 Å². The highest BCUT2D eigenvalue weighted by molar-refractivity contribution is 6.31. The van der Waals surface area contributed by atoms with Crippen molar-refractivity contribution in [2.75, 3.05) is 0 Å². The number of pyridine rings is 1. The SMILES string of the molecule is O=Cc1ccc(Oc2ccc(Cl)c(C(F)(F)F)c2)cn1. The van der Waals surface area contributed by atoms with Gasteiger partial charge in [0.15, 0.2) is 6.29 Å². The first-order valence-corrected chi connectivity index (χ1v) is 5.74. The van der Waals surface area contributed by atoms with Gasteiger partial charge in [0.05, 0.1) is 16.8 Å². The van der Waals surface area contributed by atoms with Gasteiger partial charge in [0.2, 0.25) is 0 Å². The zero-order valence-electron chi connectivity index (χ0n) is 9.82. The van der Waals surface area contributed by atoms with Crippen molar-refractivity contribution in [2.24, 2.45) is 0 Å². The topological polar surface area (TPSA) is 39.2 Å². The van der Waals surface area contributed by atoms with E-state index in [1.807, 2.05) is 0 Å². The number of aromatic nitrogens is 1. The molecule has 0 fully saturated rings. The van der Waals surface area contributed by atoms with Crippen LogP contribution in [0.1, 0.15) is 16.1 Å². The Labute approximate surface area is 117 Å². The maximum absolute atomic E-state index is 12.7. The van der Waals surface area contributed by atoms with Gasteiger partial charge in [0.1, 0.15) is 17.2 Å². The number of carbonyl (C=O) groups excluding carboxylic acids is 1. The van der Waals surface area contributed by atoms with Crippen LogP contribution in [0, 0.1) is 0 Å². The van der Waals surface area contributed by atoms with E-state index in [4.69, 9.17) is 16.3 Å². The van der Waals surface area contributed by atoms with Crippen LogP contribution in [0.15, 0.2) is 36.5 Å². The standard InChI is InChI=1S/C13H7ClF3NO2/c14-12-4-3-9(5-11(12)13(15,16)17)20-10-2-1-8(7-19)18-6-10/h1-7H. The van der Waals surface area contributed by atoms with Crippen molar-refractivity contribution in [3.8, 4) is 11.5 Å². The third kappa shape index (κ3) is 3.27. The molecule has 20 heavy (non-hydrogen) atoms. The van der Waals surface area contributed by atoms with E-state index < -0.39 is 16.8 Å². The Balaban J connectivity index is 2.27. The fraction of sp³-hybridized carbons (Fsp3) is 0.0769. The molecule has 0 aliphatic heterocycles. The Morgan fingerprint density at radius 3 is 2.40 bits per heavy atom. The number of hydrogen-bond donors (Lipinski definition) is 0. The highest BCUT2D eigenvalue weighted by Crippen LogP contribution is 2.37. The van der Waals surface area contributed by atoms with Crippen molar-refractivity contribution in [3.63, 3.8) is 0 Å². The van der Waals surface area contributed by atoms with Gasteiger partial charge >= 0.3 is 6.18 Å². The van der Waals surface area contributed by atoms with Crippen LogP contribution < -0.4 is 4.74 Å². The quantitative estimate of drug-likeness (QED) is 0.791. The molecule has 0 saturated heterocycles. The average molecular weight is 302 g/mol. The van der Waals surface area contributed by atoms with Crippen molar-refractivity contribution < 1.29 is 22.7 Å². The average Bonchev–Trinajstić information content (AvgIpc) is 2.40. The summed E-state index contributed by atoms with van der Waals surface area (Å²) >= 11 is 5.50. The number of ether oxygens (including phenoxy) is 1. The number of hydrogen-bond acceptors (Lipinski definition) is 3. The summed E-state index contributed by atoms with van der Waals surface area (Å²) in [7, 11) is 0. The summed E-state index contributed by atoms with van der Waals surface area (Å²) in [4.78, 5) is 14.2. The molecule has 0 atom stereocenters. The largest absolute Gasteiger partial charge is 0.456 e. The van der Waals surface area contributed by atoms with Crippen molar-refractivity contribution in [1.29, 1.82) is 0 Å². The van der Waals surface area contributed by atoms with Gasteiger partial charge in [0, 0.05) is 0 Å². The predicted molar refractivity (Wildman–Crippen MR) is 66.2 cm³/mol. The number of aldehydes is 1. The molecule has 0 aliphatic rings. The second-order valence-corrected chi connectivity index (χ2v) is 4.19. The van der Waals surface area contributed by atoms with Crippen LogP contribution in [0.4, 0.5) is 13.2 Å². The number of rotatable bonds is 3. The Morgan fingerprint density at radius 1 is 1.15 bits per heavy atom. The number of carbonyl (C=O) groups is 1. The first-order valence-electron chi connectivity index (χ1n) is 5.36. The first kappa shape index (κ1) is 14.3. The summed E-state index contributed by atoms with van der Waals surface area (Å²) in [5.74, 6) is 0.188. The van der Waals surface area contributed by atoms with Crippen LogP contribution in [0.2, 0.25) is 5.02 Å². The number of nitrogens with zero attached hydrogens (tertiary/aromatic N) is 1. The monoisotopic (exact) mass is 301 g/mol. The minimum atomic E-state index is -4.56. The van der Waals surface area contributed by atoms with E-state index in [2.05, 4.69) is 4.98 Å². The highest BCUT2D eigenvalue weighted by Gasteiger charge is 2.33. The first-order chi connectivity index (χ1) is 9.40. The molecule has 3 nitrogen and oxygen atoms in total. The van der Waals surface area contributed by atoms with Gasteiger partial charge in [-0.05, 0) is 30.3 Å². The van der Waals surface area contributed by atoms with Crippen LogP contribution in [0.5, 0.6) is 11.5 Å². The minimum absolute atomic E-state index is 0.0256. The maximum atomic E-state index is 12.7. The fourth-order valence-corrected chi connectivity index (χ4v) is 1.67. The molecule has 0 N–H and O–H groups in total. The molecule has 0 bridgehead atoms. The van der Waals surface area contributed by atoms with E-state index in [1.54, 1.807) is 0 Å². The maximum Gasteiger partial charge on any atom is 0.417 e. The summed E-state index contributed by atoms with van der Waals surface area (Å²) in [5.41, 5.74) is -0.779. The molecule has 7 heteroatoms. The molecule has 1 aromatic carbocycles. The molecule has 2 rings (SSSR count). The van der Waals surface area contributed by atoms with Crippen molar-refractivity contribution in [3.05, 3.63) is 52.8 Å². The molecule has 0 amide bonds. The number of benzene rings is 1. The van der Waals surface area contributed by atoms with E-state index in [0.717, 1.165) is 12.1 Å². The second-order valence-electron chi connectivity index (χ2n) is 3.78. The van der Waals surface area contributed by atoms with Crippen LogP contribution in [-0.2, 0) is 6.18 Å². The van der Waals surface area contributed by atoms with Gasteiger partial charge in [-0.25, -0.2) is 4.98 Å². The molecule has 0 aliphatic carbocycles. The zero-order valence-corrected chi connectivity index (χ0v) is 10.6. The third-order valence-corrected chi connectivity index (χ3v) is 2.69. The van der Waals surface area contributed by atoms with Gasteiger partial charge in [0.25, 0.3) is 0 Å². The lowest BCUT2D eigenvalue weighted by atomic mass is 10.2. The molecule has 1 aromatic heterocycles. The fourth-order valence-electron chi connectivity index (χ4n) is 1.44. The lowest BCUT2D eigenvalue weighted by Crippen LogP contribution is -2.05. The Kier molecular flexibility index (Phi) is 3.94. The smallest absolute Gasteiger partial charge is 0.417 e. The summed E-state index contributed by atoms with van der Waals surface area (Å²) < 4.78 is 43.3. The predicted octanol–water partition coefficient (Wildman–Crippen LogP) is 4.36. The minimum Gasteiger partial charge on any atom is -0.456 e. The van der Waals surface area contributed by atoms with Crippen LogP contribution in [0.3, 0.4) is 0 Å². The summed E-state index contributed by atoms with van der Waals surface area (Å²) in [6.45, 7) is 0.